The number of unbranched alkanes of at least 4 members (excludes halogenated alkanes) is 1. The quantitative estimate of drug-likeness (QED) is 0.384. The van der Waals surface area contributed by atoms with Gasteiger partial charge in [-0.1, -0.05) is 18.5 Å². The van der Waals surface area contributed by atoms with E-state index >= 15 is 0 Å². The number of nitrogens with zero attached hydrogens (tertiary/aromatic N) is 1. The summed E-state index contributed by atoms with van der Waals surface area (Å²) in [7, 11) is 0. The molecule has 0 aliphatic rings. The molecular weight excluding hydrogens is 144 g/mol. The van der Waals surface area contributed by atoms with Gasteiger partial charge >= 0.3 is 6.09 Å². The van der Waals surface area contributed by atoms with Crippen molar-refractivity contribution in [3.8, 4) is 0 Å². The summed E-state index contributed by atoms with van der Waals surface area (Å²) in [5.74, 6) is 0. The summed E-state index contributed by atoms with van der Waals surface area (Å²) in [6, 6.07) is 0. The molecule has 0 aliphatic heterocycles. The van der Waals surface area contributed by atoms with Crippen LogP contribution in [0, 0.1) is 0 Å². The molecule has 0 heterocycles. The van der Waals surface area contributed by atoms with Gasteiger partial charge in [0.15, 0.2) is 0 Å². The molecule has 0 unspecified atom stereocenters. The van der Waals surface area contributed by atoms with E-state index in [1.807, 2.05) is 0 Å². The van der Waals surface area contributed by atoms with Crippen LogP contribution in [0.5, 0.6) is 0 Å². The molecule has 0 rings (SSSR count). The number of oxime groups is 1. The van der Waals surface area contributed by atoms with Crippen LogP contribution < -0.4 is 5.73 Å². The fourth-order valence-corrected chi connectivity index (χ4v) is 0.601. The van der Waals surface area contributed by atoms with E-state index < -0.39 is 6.09 Å². The predicted octanol–water partition coefficient (Wildman–Crippen LogP) is 1.65. The Morgan fingerprint density at radius 1 is 1.64 bits per heavy atom. The molecule has 0 spiro atoms. The standard InChI is InChI=1S/C7H14N2O2/c1-3-4-5-6(2)9-11-7(8)10/h3-5H2,1-2H3,(H2,8,10). The Labute approximate surface area is 66.4 Å². The number of hydrogen-bond acceptors (Lipinski definition) is 3. The molecule has 0 bridgehead atoms. The Kier molecular flexibility index (Phi) is 5.15. The first-order valence-electron chi connectivity index (χ1n) is 3.66. The molecule has 0 radical (unpaired) electrons. The smallest absolute Gasteiger partial charge is 0.333 e. The zero-order valence-corrected chi connectivity index (χ0v) is 6.96. The van der Waals surface area contributed by atoms with E-state index in [1.54, 1.807) is 6.92 Å². The lowest BCUT2D eigenvalue weighted by molar-refractivity contribution is 0.161. The van der Waals surface area contributed by atoms with Crippen molar-refractivity contribution in [1.82, 2.24) is 0 Å². The van der Waals surface area contributed by atoms with Crippen LogP contribution in [0.1, 0.15) is 33.1 Å². The maximum atomic E-state index is 10.1. The molecule has 0 saturated heterocycles. The Hall–Kier alpha value is -1.06. The molecule has 0 fully saturated rings. The molecule has 11 heavy (non-hydrogen) atoms. The monoisotopic (exact) mass is 158 g/mol. The van der Waals surface area contributed by atoms with E-state index in [0.29, 0.717) is 0 Å². The van der Waals surface area contributed by atoms with Crippen LogP contribution in [0.15, 0.2) is 5.16 Å². The number of primary amides is 1. The van der Waals surface area contributed by atoms with Crippen molar-refractivity contribution in [2.24, 2.45) is 10.9 Å². The highest BCUT2D eigenvalue weighted by Crippen LogP contribution is 1.96. The maximum Gasteiger partial charge on any atom is 0.430 e. The first kappa shape index (κ1) is 9.94. The van der Waals surface area contributed by atoms with Gasteiger partial charge in [-0.05, 0) is 19.8 Å². The molecule has 0 aromatic carbocycles. The summed E-state index contributed by atoms with van der Waals surface area (Å²) < 4.78 is 0. The minimum absolute atomic E-state index is 0.797. The third-order valence-corrected chi connectivity index (χ3v) is 1.18. The number of carbonyl (C=O) groups excluding carboxylic acids is 1. The van der Waals surface area contributed by atoms with Crippen LogP contribution in [0.4, 0.5) is 4.79 Å². The largest absolute Gasteiger partial charge is 0.430 e. The summed E-state index contributed by atoms with van der Waals surface area (Å²) in [5.41, 5.74) is 5.50. The van der Waals surface area contributed by atoms with E-state index in [1.165, 1.54) is 0 Å². The minimum atomic E-state index is -0.860. The van der Waals surface area contributed by atoms with Gasteiger partial charge in [-0.15, -0.1) is 0 Å². The van der Waals surface area contributed by atoms with Gasteiger partial charge in [-0.25, -0.2) is 4.79 Å². The molecule has 0 saturated carbocycles. The van der Waals surface area contributed by atoms with Crippen molar-refractivity contribution < 1.29 is 9.63 Å². The Morgan fingerprint density at radius 2 is 2.27 bits per heavy atom. The van der Waals surface area contributed by atoms with Gasteiger partial charge in [0.1, 0.15) is 0 Å². The highest BCUT2D eigenvalue weighted by atomic mass is 16.7. The molecule has 4 heteroatoms. The van der Waals surface area contributed by atoms with Gasteiger partial charge in [0.2, 0.25) is 0 Å². The molecule has 1 amide bonds. The fraction of sp³-hybridized carbons (Fsp3) is 0.714. The predicted molar refractivity (Wildman–Crippen MR) is 43.3 cm³/mol. The van der Waals surface area contributed by atoms with Crippen molar-refractivity contribution in [2.75, 3.05) is 0 Å². The van der Waals surface area contributed by atoms with Gasteiger partial charge in [-0.2, -0.15) is 0 Å². The summed E-state index contributed by atoms with van der Waals surface area (Å²) in [4.78, 5) is 14.3. The van der Waals surface area contributed by atoms with E-state index in [0.717, 1.165) is 25.0 Å². The molecule has 0 aromatic rings. The van der Waals surface area contributed by atoms with E-state index in [9.17, 15) is 4.79 Å². The highest BCUT2D eigenvalue weighted by molar-refractivity contribution is 5.82. The van der Waals surface area contributed by atoms with Crippen LogP contribution in [-0.2, 0) is 4.84 Å². The van der Waals surface area contributed by atoms with Crippen LogP contribution in [0.2, 0.25) is 0 Å². The van der Waals surface area contributed by atoms with E-state index in [4.69, 9.17) is 5.73 Å². The Bertz CT molecular complexity index is 155. The van der Waals surface area contributed by atoms with Crippen LogP contribution in [0.25, 0.3) is 0 Å². The minimum Gasteiger partial charge on any atom is -0.333 e. The van der Waals surface area contributed by atoms with Crippen molar-refractivity contribution >= 4 is 11.8 Å². The number of carbonyl (C=O) groups is 1. The van der Waals surface area contributed by atoms with Crippen LogP contribution >= 0.6 is 0 Å². The second-order valence-electron chi connectivity index (χ2n) is 2.34. The van der Waals surface area contributed by atoms with Crippen molar-refractivity contribution in [3.63, 3.8) is 0 Å². The van der Waals surface area contributed by atoms with Gasteiger partial charge in [-0.3, -0.25) is 4.84 Å². The van der Waals surface area contributed by atoms with Crippen LogP contribution in [0.3, 0.4) is 0 Å². The van der Waals surface area contributed by atoms with Crippen LogP contribution in [-0.4, -0.2) is 11.8 Å². The summed E-state index contributed by atoms with van der Waals surface area (Å²) in [6.45, 7) is 3.89. The zero-order chi connectivity index (χ0) is 8.69. The maximum absolute atomic E-state index is 10.1. The third kappa shape index (κ3) is 6.83. The Morgan fingerprint density at radius 3 is 2.73 bits per heavy atom. The van der Waals surface area contributed by atoms with E-state index in [-0.39, 0.29) is 0 Å². The molecule has 0 atom stereocenters. The molecule has 0 aromatic heterocycles. The molecule has 64 valence electrons. The summed E-state index contributed by atoms with van der Waals surface area (Å²) in [5, 5.41) is 3.50. The summed E-state index contributed by atoms with van der Waals surface area (Å²) >= 11 is 0. The van der Waals surface area contributed by atoms with Crippen molar-refractivity contribution in [3.05, 3.63) is 0 Å². The summed E-state index contributed by atoms with van der Waals surface area (Å²) in [6.07, 6.45) is 2.14. The second kappa shape index (κ2) is 5.70. The second-order valence-corrected chi connectivity index (χ2v) is 2.34. The van der Waals surface area contributed by atoms with Crippen molar-refractivity contribution in [1.29, 1.82) is 0 Å². The lowest BCUT2D eigenvalue weighted by Crippen LogP contribution is -2.10. The molecular formula is C7H14N2O2. The molecule has 0 aliphatic carbocycles. The SMILES string of the molecule is CCCCC(C)=NOC(N)=O. The third-order valence-electron chi connectivity index (χ3n) is 1.18. The number of amides is 1. The van der Waals surface area contributed by atoms with Gasteiger partial charge in [0.25, 0.3) is 0 Å². The molecule has 4 nitrogen and oxygen atoms in total. The van der Waals surface area contributed by atoms with Gasteiger partial charge < -0.3 is 5.73 Å². The topological polar surface area (TPSA) is 64.7 Å². The average molecular weight is 158 g/mol. The fourth-order valence-electron chi connectivity index (χ4n) is 0.601. The van der Waals surface area contributed by atoms with Crippen molar-refractivity contribution in [2.45, 2.75) is 33.1 Å². The highest BCUT2D eigenvalue weighted by Gasteiger charge is 1.93. The van der Waals surface area contributed by atoms with Gasteiger partial charge in [0.05, 0.1) is 5.71 Å². The number of rotatable bonds is 4. The first-order valence-corrected chi connectivity index (χ1v) is 3.66. The molecule has 2 N–H and O–H groups in total. The number of hydrogen-bond donors (Lipinski definition) is 1. The lowest BCUT2D eigenvalue weighted by Gasteiger charge is -1.96. The average Bonchev–Trinajstić information content (AvgIpc) is 1.97. The lowest BCUT2D eigenvalue weighted by atomic mass is 10.2. The van der Waals surface area contributed by atoms with Gasteiger partial charge in [0, 0.05) is 0 Å². The normalized spacial score (nSPS) is 11.3. The van der Waals surface area contributed by atoms with E-state index in [2.05, 4.69) is 16.9 Å². The first-order chi connectivity index (χ1) is 5.16. The number of nitrogens with two attached hydrogens (primary N) is 1. The Balaban J connectivity index is 3.54. The zero-order valence-electron chi connectivity index (χ0n) is 6.96.